The number of carbonyl (C=O) groups is 1. The van der Waals surface area contributed by atoms with Crippen LogP contribution in [0.15, 0.2) is 17.8 Å². The minimum absolute atomic E-state index is 0.200. The van der Waals surface area contributed by atoms with Crippen LogP contribution >= 0.6 is 11.6 Å². The summed E-state index contributed by atoms with van der Waals surface area (Å²) < 4.78 is 0. The molecule has 1 aromatic heterocycles. The molecule has 1 amide bonds. The fraction of sp³-hybridized carbons (Fsp3) is 0.263. The van der Waals surface area contributed by atoms with E-state index < -0.39 is 5.91 Å². The first-order valence-electron chi connectivity index (χ1n) is 8.57. The Labute approximate surface area is 162 Å². The number of amides is 1. The maximum absolute atomic E-state index is 11.6. The van der Waals surface area contributed by atoms with Crippen molar-refractivity contribution in [3.8, 4) is 11.8 Å². The van der Waals surface area contributed by atoms with Gasteiger partial charge in [-0.3, -0.25) is 9.89 Å². The number of nitrogens with one attached hydrogen (secondary N) is 2. The van der Waals surface area contributed by atoms with E-state index in [1.165, 1.54) is 0 Å². The second-order valence-corrected chi connectivity index (χ2v) is 6.72. The van der Waals surface area contributed by atoms with E-state index in [0.29, 0.717) is 27.8 Å². The molecule has 3 rings (SSSR count). The third-order valence-corrected chi connectivity index (χ3v) is 4.86. The summed E-state index contributed by atoms with van der Waals surface area (Å²) in [5.74, 6) is 5.50. The minimum atomic E-state index is -0.627. The number of anilines is 2. The van der Waals surface area contributed by atoms with Gasteiger partial charge in [0, 0.05) is 29.6 Å². The Morgan fingerprint density at radius 2 is 2.00 bits per heavy atom. The fourth-order valence-electron chi connectivity index (χ4n) is 3.17. The van der Waals surface area contributed by atoms with Crippen LogP contribution < -0.4 is 22.5 Å². The Morgan fingerprint density at radius 3 is 2.67 bits per heavy atom. The highest BCUT2D eigenvalue weighted by molar-refractivity contribution is 6.32. The van der Waals surface area contributed by atoms with Crippen molar-refractivity contribution in [2.75, 3.05) is 18.1 Å². The SMILES string of the molecule is CNc1n[nH]c(C#Cc2cc(N)c(C3=C(N)CCCC3)cc2Cl)c1C(N)=O. The molecule has 0 spiro atoms. The van der Waals surface area contributed by atoms with E-state index in [9.17, 15) is 4.79 Å². The van der Waals surface area contributed by atoms with Crippen molar-refractivity contribution < 1.29 is 4.79 Å². The van der Waals surface area contributed by atoms with Crippen molar-refractivity contribution in [3.63, 3.8) is 0 Å². The third kappa shape index (κ3) is 3.71. The van der Waals surface area contributed by atoms with Gasteiger partial charge in [-0.1, -0.05) is 17.5 Å². The van der Waals surface area contributed by atoms with Crippen molar-refractivity contribution in [2.24, 2.45) is 11.5 Å². The number of nitrogen functional groups attached to an aromatic ring is 1. The Bertz CT molecular complexity index is 996. The minimum Gasteiger partial charge on any atom is -0.402 e. The molecule has 0 unspecified atom stereocenters. The van der Waals surface area contributed by atoms with E-state index in [4.69, 9.17) is 28.8 Å². The number of nitrogens with two attached hydrogens (primary N) is 3. The number of nitrogens with zero attached hydrogens (tertiary/aromatic N) is 1. The highest BCUT2D eigenvalue weighted by Gasteiger charge is 2.17. The standard InChI is InChI=1S/C19H21ClN6O/c1-24-19-17(18(23)27)16(25-26-19)7-6-10-8-15(22)12(9-13(10)20)11-4-2-3-5-14(11)21/h8-9H,2-5,21-22H2,1H3,(H2,23,27)(H2,24,25,26). The van der Waals surface area contributed by atoms with Crippen LogP contribution in [0.2, 0.25) is 5.02 Å². The summed E-state index contributed by atoms with van der Waals surface area (Å²) in [6.45, 7) is 0. The molecule has 7 nitrogen and oxygen atoms in total. The van der Waals surface area contributed by atoms with Gasteiger partial charge in [-0.2, -0.15) is 5.10 Å². The quantitative estimate of drug-likeness (QED) is 0.409. The van der Waals surface area contributed by atoms with Crippen LogP contribution in [0.5, 0.6) is 0 Å². The number of hydrogen-bond acceptors (Lipinski definition) is 5. The van der Waals surface area contributed by atoms with Crippen LogP contribution in [0.1, 0.15) is 52.9 Å². The first-order valence-corrected chi connectivity index (χ1v) is 8.95. The van der Waals surface area contributed by atoms with Crippen molar-refractivity contribution in [1.29, 1.82) is 0 Å². The van der Waals surface area contributed by atoms with E-state index in [1.807, 2.05) is 0 Å². The van der Waals surface area contributed by atoms with E-state index in [0.717, 1.165) is 42.5 Å². The number of rotatable bonds is 3. The molecule has 0 saturated carbocycles. The molecule has 8 heteroatoms. The number of halogens is 1. The summed E-state index contributed by atoms with van der Waals surface area (Å²) in [6.07, 6.45) is 3.93. The van der Waals surface area contributed by atoms with Crippen LogP contribution in [0.25, 0.3) is 5.57 Å². The average molecular weight is 385 g/mol. The lowest BCUT2D eigenvalue weighted by molar-refractivity contribution is 0.100. The number of carbonyl (C=O) groups excluding carboxylic acids is 1. The average Bonchev–Trinajstić information content (AvgIpc) is 3.06. The first kappa shape index (κ1) is 18.7. The lowest BCUT2D eigenvalue weighted by Crippen LogP contribution is -2.13. The molecule has 0 aliphatic heterocycles. The molecule has 1 aliphatic carbocycles. The summed E-state index contributed by atoms with van der Waals surface area (Å²) >= 11 is 6.42. The molecule has 0 saturated heterocycles. The molecule has 0 bridgehead atoms. The van der Waals surface area contributed by atoms with E-state index >= 15 is 0 Å². The zero-order valence-corrected chi connectivity index (χ0v) is 15.7. The van der Waals surface area contributed by atoms with Crippen molar-refractivity contribution in [3.05, 3.63) is 45.2 Å². The molecule has 1 heterocycles. The molecule has 140 valence electrons. The van der Waals surface area contributed by atoms with Gasteiger partial charge in [-0.05, 0) is 49.3 Å². The van der Waals surface area contributed by atoms with Gasteiger partial charge in [0.15, 0.2) is 5.82 Å². The normalized spacial score (nSPS) is 13.9. The molecule has 8 N–H and O–H groups in total. The molecule has 2 aromatic rings. The molecule has 0 atom stereocenters. The summed E-state index contributed by atoms with van der Waals surface area (Å²) in [5.41, 5.74) is 22.2. The predicted molar refractivity (Wildman–Crippen MR) is 108 cm³/mol. The first-order chi connectivity index (χ1) is 12.9. The van der Waals surface area contributed by atoms with Crippen molar-refractivity contribution >= 4 is 34.6 Å². The number of aromatic amines is 1. The van der Waals surface area contributed by atoms with Crippen LogP contribution in [0, 0.1) is 11.8 Å². The molecular formula is C19H21ClN6O. The zero-order valence-electron chi connectivity index (χ0n) is 14.9. The highest BCUT2D eigenvalue weighted by atomic mass is 35.5. The van der Waals surface area contributed by atoms with Crippen LogP contribution in [-0.2, 0) is 0 Å². The summed E-state index contributed by atoms with van der Waals surface area (Å²) in [5, 5.41) is 9.92. The van der Waals surface area contributed by atoms with Crippen molar-refractivity contribution in [2.45, 2.75) is 25.7 Å². The molecular weight excluding hydrogens is 364 g/mol. The lowest BCUT2D eigenvalue weighted by Gasteiger charge is -2.19. The van der Waals surface area contributed by atoms with Gasteiger partial charge in [0.2, 0.25) is 0 Å². The van der Waals surface area contributed by atoms with E-state index in [-0.39, 0.29) is 5.56 Å². The van der Waals surface area contributed by atoms with Gasteiger partial charge in [-0.25, -0.2) is 0 Å². The predicted octanol–water partition coefficient (Wildman–Crippen LogP) is 2.43. The number of H-pyrrole nitrogens is 1. The van der Waals surface area contributed by atoms with Crippen LogP contribution in [0.4, 0.5) is 11.5 Å². The fourth-order valence-corrected chi connectivity index (χ4v) is 3.38. The number of aromatic nitrogens is 2. The maximum atomic E-state index is 11.6. The van der Waals surface area contributed by atoms with E-state index in [2.05, 4.69) is 27.4 Å². The monoisotopic (exact) mass is 384 g/mol. The molecule has 0 radical (unpaired) electrons. The summed E-state index contributed by atoms with van der Waals surface area (Å²) in [4.78, 5) is 11.6. The third-order valence-electron chi connectivity index (χ3n) is 4.55. The molecule has 1 aliphatic rings. The van der Waals surface area contributed by atoms with Gasteiger partial charge in [0.1, 0.15) is 11.3 Å². The molecule has 0 fully saturated rings. The Morgan fingerprint density at radius 1 is 1.26 bits per heavy atom. The van der Waals surface area contributed by atoms with Gasteiger partial charge < -0.3 is 22.5 Å². The maximum Gasteiger partial charge on any atom is 0.255 e. The lowest BCUT2D eigenvalue weighted by atomic mass is 9.90. The zero-order chi connectivity index (χ0) is 19.6. The van der Waals surface area contributed by atoms with Crippen LogP contribution in [0.3, 0.4) is 0 Å². The van der Waals surface area contributed by atoms with E-state index in [1.54, 1.807) is 19.2 Å². The highest BCUT2D eigenvalue weighted by Crippen LogP contribution is 2.35. The Hall–Kier alpha value is -3.11. The van der Waals surface area contributed by atoms with Gasteiger partial charge >= 0.3 is 0 Å². The largest absolute Gasteiger partial charge is 0.402 e. The second-order valence-electron chi connectivity index (χ2n) is 6.32. The molecule has 27 heavy (non-hydrogen) atoms. The van der Waals surface area contributed by atoms with Crippen LogP contribution in [-0.4, -0.2) is 23.2 Å². The number of hydrogen-bond donors (Lipinski definition) is 5. The van der Waals surface area contributed by atoms with Gasteiger partial charge in [0.25, 0.3) is 5.91 Å². The summed E-state index contributed by atoms with van der Waals surface area (Å²) in [7, 11) is 1.64. The summed E-state index contributed by atoms with van der Waals surface area (Å²) in [6, 6.07) is 3.52. The second kappa shape index (κ2) is 7.64. The number of primary amides is 1. The topological polar surface area (TPSA) is 136 Å². The Kier molecular flexibility index (Phi) is 5.28. The number of benzene rings is 1. The van der Waals surface area contributed by atoms with Crippen molar-refractivity contribution in [1.82, 2.24) is 10.2 Å². The van der Waals surface area contributed by atoms with Gasteiger partial charge in [0.05, 0.1) is 5.02 Å². The van der Waals surface area contributed by atoms with Gasteiger partial charge in [-0.15, -0.1) is 0 Å². The number of allylic oxidation sites excluding steroid dienone is 2. The molecule has 1 aromatic carbocycles. The Balaban J connectivity index is 1.99. The smallest absolute Gasteiger partial charge is 0.255 e.